The van der Waals surface area contributed by atoms with E-state index >= 15 is 0 Å². The minimum absolute atomic E-state index is 0.00662. The highest BCUT2D eigenvalue weighted by Gasteiger charge is 2.08. The van der Waals surface area contributed by atoms with Crippen LogP contribution in [0.3, 0.4) is 0 Å². The molecule has 2 aromatic carbocycles. The lowest BCUT2D eigenvalue weighted by molar-refractivity contribution is -0.116. The summed E-state index contributed by atoms with van der Waals surface area (Å²) in [6, 6.07) is 13.5. The topological polar surface area (TPSA) is 47.6 Å². The van der Waals surface area contributed by atoms with E-state index in [-0.39, 0.29) is 5.91 Å². The number of aryl methyl sites for hydroxylation is 2. The van der Waals surface area contributed by atoms with Gasteiger partial charge in [-0.3, -0.25) is 4.79 Å². The summed E-state index contributed by atoms with van der Waals surface area (Å²) in [6.07, 6.45) is 1.08. The van der Waals surface area contributed by atoms with Crippen LogP contribution in [0, 0.1) is 6.92 Å². The molecule has 0 aliphatic carbocycles. The van der Waals surface area contributed by atoms with Gasteiger partial charge >= 0.3 is 0 Å². The number of anilines is 1. The summed E-state index contributed by atoms with van der Waals surface area (Å²) in [5.41, 5.74) is 2.97. The van der Waals surface area contributed by atoms with Gasteiger partial charge < -0.3 is 14.8 Å². The first-order valence-electron chi connectivity index (χ1n) is 7.79. The average molecular weight is 313 g/mol. The van der Waals surface area contributed by atoms with Crippen LogP contribution in [0.1, 0.15) is 24.5 Å². The molecule has 2 aromatic rings. The van der Waals surface area contributed by atoms with Crippen LogP contribution in [0.5, 0.6) is 11.5 Å². The Labute approximate surface area is 137 Å². The summed E-state index contributed by atoms with van der Waals surface area (Å²) in [7, 11) is 1.62. The minimum atomic E-state index is 0.00662. The average Bonchev–Trinajstić information content (AvgIpc) is 2.56. The summed E-state index contributed by atoms with van der Waals surface area (Å²) in [5, 5.41) is 2.95. The van der Waals surface area contributed by atoms with Crippen molar-refractivity contribution in [3.63, 3.8) is 0 Å². The molecule has 0 saturated heterocycles. The van der Waals surface area contributed by atoms with Crippen LogP contribution in [-0.2, 0) is 11.2 Å². The standard InChI is InChI=1S/C19H23NO3/c1-4-23-17-11-9-15(13-18(17)22-3)10-12-19(21)20-16-8-6-5-7-14(16)2/h5-9,11,13H,4,10,12H2,1-3H3,(H,20,21). The van der Waals surface area contributed by atoms with E-state index in [1.54, 1.807) is 7.11 Å². The molecule has 0 unspecified atom stereocenters. The highest BCUT2D eigenvalue weighted by atomic mass is 16.5. The lowest BCUT2D eigenvalue weighted by Gasteiger charge is -2.11. The van der Waals surface area contributed by atoms with Gasteiger partial charge in [-0.25, -0.2) is 0 Å². The molecule has 4 heteroatoms. The van der Waals surface area contributed by atoms with Crippen molar-refractivity contribution in [2.75, 3.05) is 19.0 Å². The highest BCUT2D eigenvalue weighted by molar-refractivity contribution is 5.91. The van der Waals surface area contributed by atoms with Crippen LogP contribution in [0.15, 0.2) is 42.5 Å². The summed E-state index contributed by atoms with van der Waals surface area (Å²) in [4.78, 5) is 12.1. The molecule has 0 heterocycles. The molecule has 4 nitrogen and oxygen atoms in total. The smallest absolute Gasteiger partial charge is 0.224 e. The van der Waals surface area contributed by atoms with Crippen molar-refractivity contribution in [1.82, 2.24) is 0 Å². The molecule has 0 aliphatic rings. The fourth-order valence-electron chi connectivity index (χ4n) is 2.33. The van der Waals surface area contributed by atoms with E-state index in [1.807, 2.05) is 56.3 Å². The van der Waals surface area contributed by atoms with Crippen molar-refractivity contribution in [2.24, 2.45) is 0 Å². The van der Waals surface area contributed by atoms with Crippen molar-refractivity contribution < 1.29 is 14.3 Å². The number of carbonyl (C=O) groups is 1. The van der Waals surface area contributed by atoms with Crippen LogP contribution >= 0.6 is 0 Å². The van der Waals surface area contributed by atoms with Crippen molar-refractivity contribution in [1.29, 1.82) is 0 Å². The molecule has 23 heavy (non-hydrogen) atoms. The van der Waals surface area contributed by atoms with Gasteiger partial charge in [-0.2, -0.15) is 0 Å². The van der Waals surface area contributed by atoms with Gasteiger partial charge in [0.1, 0.15) is 0 Å². The second-order valence-electron chi connectivity index (χ2n) is 5.28. The number of hydrogen-bond donors (Lipinski definition) is 1. The molecule has 0 saturated carbocycles. The van der Waals surface area contributed by atoms with Crippen molar-refractivity contribution in [3.05, 3.63) is 53.6 Å². The van der Waals surface area contributed by atoms with E-state index in [0.717, 1.165) is 22.6 Å². The van der Waals surface area contributed by atoms with E-state index in [1.165, 1.54) is 0 Å². The number of ether oxygens (including phenoxy) is 2. The molecule has 0 aliphatic heterocycles. The first kappa shape index (κ1) is 16.9. The lowest BCUT2D eigenvalue weighted by Crippen LogP contribution is -2.13. The summed E-state index contributed by atoms with van der Waals surface area (Å²) < 4.78 is 10.8. The number of methoxy groups -OCH3 is 1. The van der Waals surface area contributed by atoms with Crippen molar-refractivity contribution >= 4 is 11.6 Å². The number of rotatable bonds is 7. The van der Waals surface area contributed by atoms with E-state index < -0.39 is 0 Å². The third kappa shape index (κ3) is 4.74. The quantitative estimate of drug-likeness (QED) is 0.841. The van der Waals surface area contributed by atoms with Gasteiger partial charge in [0.15, 0.2) is 11.5 Å². The molecule has 0 atom stereocenters. The fourth-order valence-corrected chi connectivity index (χ4v) is 2.33. The molecular weight excluding hydrogens is 290 g/mol. The zero-order valence-corrected chi connectivity index (χ0v) is 13.9. The summed E-state index contributed by atoms with van der Waals surface area (Å²) in [5.74, 6) is 1.43. The predicted molar refractivity (Wildman–Crippen MR) is 92.3 cm³/mol. The van der Waals surface area contributed by atoms with E-state index in [9.17, 15) is 4.79 Å². The van der Waals surface area contributed by atoms with Gasteiger partial charge in [0.25, 0.3) is 0 Å². The monoisotopic (exact) mass is 313 g/mol. The van der Waals surface area contributed by atoms with Crippen molar-refractivity contribution in [3.8, 4) is 11.5 Å². The van der Waals surface area contributed by atoms with Gasteiger partial charge in [0.2, 0.25) is 5.91 Å². The van der Waals surface area contributed by atoms with E-state index in [4.69, 9.17) is 9.47 Å². The second-order valence-corrected chi connectivity index (χ2v) is 5.28. The number of carbonyl (C=O) groups excluding carboxylic acids is 1. The maximum Gasteiger partial charge on any atom is 0.224 e. The maximum atomic E-state index is 12.1. The lowest BCUT2D eigenvalue weighted by atomic mass is 10.1. The van der Waals surface area contributed by atoms with Gasteiger partial charge in [0, 0.05) is 12.1 Å². The molecule has 0 aromatic heterocycles. The van der Waals surface area contributed by atoms with Gasteiger partial charge in [0.05, 0.1) is 13.7 Å². The number of amides is 1. The molecule has 2 rings (SSSR count). The zero-order valence-electron chi connectivity index (χ0n) is 13.9. The van der Waals surface area contributed by atoms with Crippen molar-refractivity contribution in [2.45, 2.75) is 26.7 Å². The van der Waals surface area contributed by atoms with Crippen LogP contribution in [0.2, 0.25) is 0 Å². The molecule has 1 N–H and O–H groups in total. The Kier molecular flexibility index (Phi) is 6.03. The third-order valence-electron chi connectivity index (χ3n) is 3.59. The van der Waals surface area contributed by atoms with Crippen LogP contribution in [0.25, 0.3) is 0 Å². The Bertz CT molecular complexity index is 667. The minimum Gasteiger partial charge on any atom is -0.493 e. The van der Waals surface area contributed by atoms with Crippen LogP contribution < -0.4 is 14.8 Å². The Hall–Kier alpha value is -2.49. The molecule has 0 spiro atoms. The molecule has 1 amide bonds. The molecule has 122 valence electrons. The predicted octanol–water partition coefficient (Wildman–Crippen LogP) is 3.97. The number of benzene rings is 2. The summed E-state index contributed by atoms with van der Waals surface area (Å²) in [6.45, 7) is 4.50. The Morgan fingerprint density at radius 3 is 2.61 bits per heavy atom. The third-order valence-corrected chi connectivity index (χ3v) is 3.59. The Balaban J connectivity index is 1.95. The highest BCUT2D eigenvalue weighted by Crippen LogP contribution is 2.28. The second kappa shape index (κ2) is 8.22. The fraction of sp³-hybridized carbons (Fsp3) is 0.316. The number of nitrogens with one attached hydrogen (secondary N) is 1. The Morgan fingerprint density at radius 2 is 1.91 bits per heavy atom. The molecule has 0 bridgehead atoms. The number of para-hydroxylation sites is 1. The van der Waals surface area contributed by atoms with E-state index in [2.05, 4.69) is 5.32 Å². The first-order chi connectivity index (χ1) is 11.1. The first-order valence-corrected chi connectivity index (χ1v) is 7.79. The Morgan fingerprint density at radius 1 is 1.13 bits per heavy atom. The normalized spacial score (nSPS) is 10.2. The molecule has 0 radical (unpaired) electrons. The number of hydrogen-bond acceptors (Lipinski definition) is 3. The SMILES string of the molecule is CCOc1ccc(CCC(=O)Nc2ccccc2C)cc1OC. The van der Waals surface area contributed by atoms with Gasteiger partial charge in [-0.1, -0.05) is 24.3 Å². The molecule has 0 fully saturated rings. The zero-order chi connectivity index (χ0) is 16.7. The summed E-state index contributed by atoms with van der Waals surface area (Å²) >= 11 is 0. The van der Waals surface area contributed by atoms with E-state index in [0.29, 0.717) is 25.2 Å². The maximum absolute atomic E-state index is 12.1. The molecular formula is C19H23NO3. The van der Waals surface area contributed by atoms with Gasteiger partial charge in [-0.15, -0.1) is 0 Å². The largest absolute Gasteiger partial charge is 0.493 e. The van der Waals surface area contributed by atoms with Crippen LogP contribution in [-0.4, -0.2) is 19.6 Å². The van der Waals surface area contributed by atoms with Crippen LogP contribution in [0.4, 0.5) is 5.69 Å². The van der Waals surface area contributed by atoms with Gasteiger partial charge in [-0.05, 0) is 49.6 Å².